The summed E-state index contributed by atoms with van der Waals surface area (Å²) in [4.78, 5) is 25.0. The van der Waals surface area contributed by atoms with Crippen LogP contribution in [0.4, 0.5) is 4.39 Å². The molecule has 2 heterocycles. The number of carbonyl (C=O) groups excluding carboxylic acids is 2. The standard InChI is InChI=1S/C23H19FN4O3/c1-14-12-18(15(2)28(14)16-8-4-3-5-9-16)22(29)25-26-23(30)20-13-21(31-27-20)17-10-6-7-11-19(17)24/h3-13H,1-2H3,(H,25,29)(H,26,30). The maximum absolute atomic E-state index is 13.9. The monoisotopic (exact) mass is 418 g/mol. The van der Waals surface area contributed by atoms with Crippen LogP contribution in [-0.2, 0) is 0 Å². The number of carbonyl (C=O) groups is 2. The Hall–Kier alpha value is -4.20. The second-order valence-electron chi connectivity index (χ2n) is 6.92. The summed E-state index contributed by atoms with van der Waals surface area (Å²) < 4.78 is 20.9. The lowest BCUT2D eigenvalue weighted by molar-refractivity contribution is 0.0841. The molecule has 4 aromatic rings. The maximum Gasteiger partial charge on any atom is 0.291 e. The number of aryl methyl sites for hydroxylation is 1. The molecule has 0 aliphatic carbocycles. The number of nitrogens with zero attached hydrogens (tertiary/aromatic N) is 2. The highest BCUT2D eigenvalue weighted by molar-refractivity contribution is 5.99. The number of aromatic nitrogens is 2. The van der Waals surface area contributed by atoms with Crippen LogP contribution in [0.25, 0.3) is 17.0 Å². The summed E-state index contributed by atoms with van der Waals surface area (Å²) >= 11 is 0. The molecule has 0 unspecified atom stereocenters. The van der Waals surface area contributed by atoms with Gasteiger partial charge in [0.25, 0.3) is 11.8 Å². The normalized spacial score (nSPS) is 10.7. The van der Waals surface area contributed by atoms with Crippen LogP contribution in [0.2, 0.25) is 0 Å². The van der Waals surface area contributed by atoms with Crippen LogP contribution in [0, 0.1) is 19.7 Å². The molecule has 2 aromatic heterocycles. The van der Waals surface area contributed by atoms with Gasteiger partial charge in [-0.3, -0.25) is 20.4 Å². The minimum Gasteiger partial charge on any atom is -0.355 e. The third-order valence-electron chi connectivity index (χ3n) is 4.86. The lowest BCUT2D eigenvalue weighted by Crippen LogP contribution is -2.41. The first-order valence-electron chi connectivity index (χ1n) is 9.52. The van der Waals surface area contributed by atoms with E-state index in [1.54, 1.807) is 18.2 Å². The van der Waals surface area contributed by atoms with E-state index in [4.69, 9.17) is 4.52 Å². The van der Waals surface area contributed by atoms with Crippen LogP contribution in [0.1, 0.15) is 32.2 Å². The first-order valence-corrected chi connectivity index (χ1v) is 9.52. The van der Waals surface area contributed by atoms with Gasteiger partial charge in [-0.25, -0.2) is 4.39 Å². The second kappa shape index (κ2) is 8.27. The van der Waals surface area contributed by atoms with E-state index in [0.717, 1.165) is 17.1 Å². The molecule has 2 N–H and O–H groups in total. The average molecular weight is 418 g/mol. The van der Waals surface area contributed by atoms with Gasteiger partial charge in [0.1, 0.15) is 5.82 Å². The van der Waals surface area contributed by atoms with Gasteiger partial charge in [-0.1, -0.05) is 35.5 Å². The third kappa shape index (κ3) is 3.95. The summed E-state index contributed by atoms with van der Waals surface area (Å²) in [5.41, 5.74) is 7.76. The van der Waals surface area contributed by atoms with Crippen LogP contribution in [0.15, 0.2) is 71.3 Å². The Labute approximate surface area is 177 Å². The predicted octanol–water partition coefficient (Wildman–Crippen LogP) is 3.96. The number of para-hydroxylation sites is 1. The van der Waals surface area contributed by atoms with Gasteiger partial charge in [0.2, 0.25) is 0 Å². The molecular weight excluding hydrogens is 399 g/mol. The molecule has 2 amide bonds. The molecule has 31 heavy (non-hydrogen) atoms. The van der Waals surface area contributed by atoms with Crippen LogP contribution in [0.5, 0.6) is 0 Å². The Morgan fingerprint density at radius 3 is 2.35 bits per heavy atom. The Morgan fingerprint density at radius 2 is 1.61 bits per heavy atom. The lowest BCUT2D eigenvalue weighted by Gasteiger charge is -2.10. The van der Waals surface area contributed by atoms with E-state index in [2.05, 4.69) is 16.0 Å². The average Bonchev–Trinajstić information content (AvgIpc) is 3.37. The van der Waals surface area contributed by atoms with Gasteiger partial charge < -0.3 is 9.09 Å². The van der Waals surface area contributed by atoms with Crippen molar-refractivity contribution in [2.45, 2.75) is 13.8 Å². The fourth-order valence-electron chi connectivity index (χ4n) is 3.38. The van der Waals surface area contributed by atoms with E-state index in [-0.39, 0.29) is 17.0 Å². The Kier molecular flexibility index (Phi) is 5.36. The summed E-state index contributed by atoms with van der Waals surface area (Å²) in [5, 5.41) is 3.65. The SMILES string of the molecule is Cc1cc(C(=O)NNC(=O)c2cc(-c3ccccc3F)on2)c(C)n1-c1ccccc1. The van der Waals surface area contributed by atoms with Crippen molar-refractivity contribution in [3.8, 4) is 17.0 Å². The Balaban J connectivity index is 1.46. The third-order valence-corrected chi connectivity index (χ3v) is 4.86. The fraction of sp³-hybridized carbons (Fsp3) is 0.0870. The summed E-state index contributed by atoms with van der Waals surface area (Å²) in [5.74, 6) is -1.54. The quantitative estimate of drug-likeness (QED) is 0.491. The van der Waals surface area contributed by atoms with Crippen LogP contribution >= 0.6 is 0 Å². The van der Waals surface area contributed by atoms with E-state index in [0.29, 0.717) is 5.56 Å². The molecule has 156 valence electrons. The number of halogens is 1. The summed E-state index contributed by atoms with van der Waals surface area (Å²) in [6.45, 7) is 3.73. The molecule has 0 aliphatic rings. The Morgan fingerprint density at radius 1 is 0.935 bits per heavy atom. The topological polar surface area (TPSA) is 89.2 Å². The first-order chi connectivity index (χ1) is 15.0. The zero-order chi connectivity index (χ0) is 22.0. The van der Waals surface area contributed by atoms with Gasteiger partial charge in [-0.2, -0.15) is 0 Å². The molecule has 0 bridgehead atoms. The lowest BCUT2D eigenvalue weighted by atomic mass is 10.1. The van der Waals surface area contributed by atoms with Gasteiger partial charge >= 0.3 is 0 Å². The number of amides is 2. The molecule has 8 heteroatoms. The van der Waals surface area contributed by atoms with Crippen LogP contribution in [-0.4, -0.2) is 21.5 Å². The number of rotatable bonds is 4. The predicted molar refractivity (Wildman–Crippen MR) is 112 cm³/mol. The molecule has 0 fully saturated rings. The van der Waals surface area contributed by atoms with Crippen molar-refractivity contribution in [3.05, 3.63) is 95.2 Å². The van der Waals surface area contributed by atoms with Crippen molar-refractivity contribution < 1.29 is 18.5 Å². The highest BCUT2D eigenvalue weighted by Crippen LogP contribution is 2.23. The molecule has 0 saturated carbocycles. The summed E-state index contributed by atoms with van der Waals surface area (Å²) in [6, 6.07) is 18.7. The van der Waals surface area contributed by atoms with Crippen molar-refractivity contribution in [1.82, 2.24) is 20.6 Å². The number of benzene rings is 2. The van der Waals surface area contributed by atoms with Gasteiger partial charge in [-0.05, 0) is 44.2 Å². The molecule has 7 nitrogen and oxygen atoms in total. The van der Waals surface area contributed by atoms with E-state index < -0.39 is 17.6 Å². The zero-order valence-electron chi connectivity index (χ0n) is 16.8. The van der Waals surface area contributed by atoms with Crippen molar-refractivity contribution in [3.63, 3.8) is 0 Å². The van der Waals surface area contributed by atoms with Crippen molar-refractivity contribution in [2.75, 3.05) is 0 Å². The van der Waals surface area contributed by atoms with Crippen molar-refractivity contribution in [1.29, 1.82) is 0 Å². The highest BCUT2D eigenvalue weighted by atomic mass is 19.1. The molecule has 2 aromatic carbocycles. The summed E-state index contributed by atoms with van der Waals surface area (Å²) in [7, 11) is 0. The fourth-order valence-corrected chi connectivity index (χ4v) is 3.38. The van der Waals surface area contributed by atoms with Gasteiger partial charge in [0.05, 0.1) is 11.1 Å². The second-order valence-corrected chi connectivity index (χ2v) is 6.92. The minimum absolute atomic E-state index is 0.0895. The number of nitrogens with one attached hydrogen (secondary N) is 2. The Bertz CT molecular complexity index is 1260. The molecule has 0 radical (unpaired) electrons. The van der Waals surface area contributed by atoms with Gasteiger partial charge in [0, 0.05) is 23.1 Å². The first kappa shape index (κ1) is 20.1. The minimum atomic E-state index is -0.684. The van der Waals surface area contributed by atoms with E-state index in [1.807, 2.05) is 48.7 Å². The maximum atomic E-state index is 13.9. The molecule has 0 aliphatic heterocycles. The molecule has 0 spiro atoms. The zero-order valence-corrected chi connectivity index (χ0v) is 16.8. The van der Waals surface area contributed by atoms with Crippen LogP contribution < -0.4 is 10.9 Å². The van der Waals surface area contributed by atoms with Crippen LogP contribution in [0.3, 0.4) is 0 Å². The van der Waals surface area contributed by atoms with Crippen molar-refractivity contribution in [2.24, 2.45) is 0 Å². The highest BCUT2D eigenvalue weighted by Gasteiger charge is 2.19. The molecule has 0 atom stereocenters. The van der Waals surface area contributed by atoms with Crippen molar-refractivity contribution >= 4 is 11.8 Å². The van der Waals surface area contributed by atoms with E-state index in [9.17, 15) is 14.0 Å². The largest absolute Gasteiger partial charge is 0.355 e. The van der Waals surface area contributed by atoms with Gasteiger partial charge in [0.15, 0.2) is 11.5 Å². The molecule has 0 saturated heterocycles. The smallest absolute Gasteiger partial charge is 0.291 e. The molecule has 4 rings (SSSR count). The van der Waals surface area contributed by atoms with Gasteiger partial charge in [-0.15, -0.1) is 0 Å². The van der Waals surface area contributed by atoms with E-state index >= 15 is 0 Å². The number of hydrogen-bond acceptors (Lipinski definition) is 4. The number of hydrogen-bond donors (Lipinski definition) is 2. The summed E-state index contributed by atoms with van der Waals surface area (Å²) in [6.07, 6.45) is 0. The van der Waals surface area contributed by atoms with E-state index in [1.165, 1.54) is 18.2 Å². The number of hydrazine groups is 1. The molecular formula is C23H19FN4O3.